The van der Waals surface area contributed by atoms with Crippen molar-refractivity contribution in [2.45, 2.75) is 31.7 Å². The molecule has 0 aliphatic carbocycles. The van der Waals surface area contributed by atoms with Crippen LogP contribution in [0.3, 0.4) is 0 Å². The minimum Gasteiger partial charge on any atom is -0.497 e. The molecule has 3 N–H and O–H groups in total. The summed E-state index contributed by atoms with van der Waals surface area (Å²) in [4.78, 5) is 18.6. The number of methoxy groups -OCH3 is 1. The first-order chi connectivity index (χ1) is 17.4. The van der Waals surface area contributed by atoms with E-state index in [1.54, 1.807) is 18.7 Å². The number of thiophene rings is 1. The summed E-state index contributed by atoms with van der Waals surface area (Å²) < 4.78 is 19.0. The molecule has 9 heteroatoms. The number of likely N-dealkylation sites (tertiary alicyclic amines) is 1. The van der Waals surface area contributed by atoms with Crippen molar-refractivity contribution in [2.24, 2.45) is 17.6 Å². The number of carbonyl (C=O) groups is 1. The number of aromatic nitrogens is 1. The second-order valence-electron chi connectivity index (χ2n) is 9.13. The molecule has 0 amide bonds. The third-order valence-corrected chi connectivity index (χ3v) is 7.93. The molecule has 0 radical (unpaired) electrons. The summed E-state index contributed by atoms with van der Waals surface area (Å²) in [5, 5.41) is 12.6. The molecular weight excluding hydrogens is 501 g/mol. The molecule has 0 saturated carbocycles. The molecule has 1 saturated heterocycles. The predicted molar refractivity (Wildman–Crippen MR) is 141 cm³/mol. The number of rotatable bonds is 8. The standard InChI is InChI=1S/C27H29ClFN3O3S/c1-35-19-5-7-24-20(14-19)27(21(28)15-31-24)23(30)6-4-17-8-11-32(16-18(17)13-26(33)34)10-2-3-25-22(29)9-12-36-25/h5,7,9,12,14-15,17-18,23H,4,6,8,10-11,13,16,30H2,1H3,(H,33,34)/t17?,18?,23-/m1/s1. The molecule has 3 atom stereocenters. The SMILES string of the molecule is COc1ccc2ncc(Cl)c([C@H](N)CCC3CCN(CC#Cc4sccc4F)CC3CC(=O)O)c2c1. The number of carboxylic acid groups (broad SMARTS) is 1. The van der Waals surface area contributed by atoms with Crippen LogP contribution in [-0.4, -0.2) is 47.7 Å². The van der Waals surface area contributed by atoms with Crippen LogP contribution in [-0.2, 0) is 4.79 Å². The zero-order valence-electron chi connectivity index (χ0n) is 20.0. The van der Waals surface area contributed by atoms with Crippen LogP contribution >= 0.6 is 22.9 Å². The Morgan fingerprint density at radius 1 is 1.42 bits per heavy atom. The van der Waals surface area contributed by atoms with E-state index in [0.717, 1.165) is 35.9 Å². The number of piperidine rings is 1. The maximum Gasteiger partial charge on any atom is 0.303 e. The summed E-state index contributed by atoms with van der Waals surface area (Å²) in [6.45, 7) is 1.94. The normalized spacial score (nSPS) is 19.0. The molecule has 0 spiro atoms. The third kappa shape index (κ3) is 6.34. The van der Waals surface area contributed by atoms with E-state index in [1.165, 1.54) is 17.4 Å². The Kier molecular flexibility index (Phi) is 8.81. The van der Waals surface area contributed by atoms with Gasteiger partial charge in [0.05, 0.1) is 24.2 Å². The smallest absolute Gasteiger partial charge is 0.303 e. The lowest BCUT2D eigenvalue weighted by molar-refractivity contribution is -0.139. The Morgan fingerprint density at radius 2 is 2.25 bits per heavy atom. The van der Waals surface area contributed by atoms with Gasteiger partial charge in [0.2, 0.25) is 0 Å². The lowest BCUT2D eigenvalue weighted by Crippen LogP contribution is -2.41. The van der Waals surface area contributed by atoms with Crippen LogP contribution < -0.4 is 10.5 Å². The van der Waals surface area contributed by atoms with Gasteiger partial charge in [-0.15, -0.1) is 11.3 Å². The fourth-order valence-electron chi connectivity index (χ4n) is 4.96. The highest BCUT2D eigenvalue weighted by Gasteiger charge is 2.31. The van der Waals surface area contributed by atoms with Crippen LogP contribution in [0.2, 0.25) is 5.02 Å². The van der Waals surface area contributed by atoms with E-state index >= 15 is 0 Å². The largest absolute Gasteiger partial charge is 0.497 e. The molecule has 0 bridgehead atoms. The van der Waals surface area contributed by atoms with E-state index in [2.05, 4.69) is 21.7 Å². The molecule has 2 unspecified atom stereocenters. The van der Waals surface area contributed by atoms with E-state index in [-0.39, 0.29) is 30.1 Å². The number of halogens is 2. The highest BCUT2D eigenvalue weighted by molar-refractivity contribution is 7.10. The van der Waals surface area contributed by atoms with Gasteiger partial charge in [0.25, 0.3) is 0 Å². The predicted octanol–water partition coefficient (Wildman–Crippen LogP) is 5.34. The lowest BCUT2D eigenvalue weighted by atomic mass is 9.79. The van der Waals surface area contributed by atoms with Crippen molar-refractivity contribution in [1.82, 2.24) is 9.88 Å². The highest BCUT2D eigenvalue weighted by Crippen LogP contribution is 2.36. The minimum atomic E-state index is -0.807. The third-order valence-electron chi connectivity index (χ3n) is 6.82. The van der Waals surface area contributed by atoms with Crippen LogP contribution in [0, 0.1) is 29.5 Å². The zero-order valence-corrected chi connectivity index (χ0v) is 21.6. The summed E-state index contributed by atoms with van der Waals surface area (Å²) in [6.07, 6.45) is 4.05. The van der Waals surface area contributed by atoms with Gasteiger partial charge >= 0.3 is 5.97 Å². The molecule has 1 fully saturated rings. The molecule has 1 aliphatic heterocycles. The fraction of sp³-hybridized carbons (Fsp3) is 0.407. The number of nitrogens with zero attached hydrogens (tertiary/aromatic N) is 2. The summed E-state index contributed by atoms with van der Waals surface area (Å²) in [6, 6.07) is 6.73. The number of hydrogen-bond acceptors (Lipinski definition) is 6. The first-order valence-corrected chi connectivity index (χ1v) is 13.1. The number of benzene rings is 1. The quantitative estimate of drug-likeness (QED) is 0.383. The van der Waals surface area contributed by atoms with Crippen LogP contribution in [0.1, 0.15) is 42.2 Å². The first kappa shape index (κ1) is 26.4. The molecule has 190 valence electrons. The Morgan fingerprint density at radius 3 is 2.97 bits per heavy atom. The average molecular weight is 530 g/mol. The monoisotopic (exact) mass is 529 g/mol. The summed E-state index contributed by atoms with van der Waals surface area (Å²) in [5.41, 5.74) is 8.28. The van der Waals surface area contributed by atoms with Crippen molar-refractivity contribution in [2.75, 3.05) is 26.7 Å². The molecular formula is C27H29ClFN3O3S. The Bertz CT molecular complexity index is 1290. The zero-order chi connectivity index (χ0) is 25.7. The molecule has 1 aliphatic rings. The number of aliphatic carboxylic acids is 1. The van der Waals surface area contributed by atoms with Crippen LogP contribution in [0.25, 0.3) is 10.9 Å². The number of carboxylic acids is 1. The van der Waals surface area contributed by atoms with Crippen molar-refractivity contribution >= 4 is 39.8 Å². The van der Waals surface area contributed by atoms with Crippen molar-refractivity contribution in [3.8, 4) is 17.6 Å². The number of fused-ring (bicyclic) bond motifs is 1. The van der Waals surface area contributed by atoms with Crippen molar-refractivity contribution in [3.05, 3.63) is 57.1 Å². The van der Waals surface area contributed by atoms with Crippen molar-refractivity contribution < 1.29 is 19.0 Å². The summed E-state index contributed by atoms with van der Waals surface area (Å²) >= 11 is 7.80. The molecule has 3 aromatic rings. The molecule has 6 nitrogen and oxygen atoms in total. The molecule has 3 heterocycles. The summed E-state index contributed by atoms with van der Waals surface area (Å²) in [5.74, 6) is 5.75. The van der Waals surface area contributed by atoms with Gasteiger partial charge in [-0.25, -0.2) is 4.39 Å². The van der Waals surface area contributed by atoms with E-state index in [9.17, 15) is 14.3 Å². The van der Waals surface area contributed by atoms with E-state index < -0.39 is 5.97 Å². The second kappa shape index (κ2) is 12.0. The number of ether oxygens (including phenoxy) is 1. The van der Waals surface area contributed by atoms with Gasteiger partial charge in [-0.2, -0.15) is 0 Å². The van der Waals surface area contributed by atoms with Gasteiger partial charge in [-0.3, -0.25) is 14.7 Å². The van der Waals surface area contributed by atoms with Gasteiger partial charge in [0.1, 0.15) is 16.4 Å². The Balaban J connectivity index is 1.42. The van der Waals surface area contributed by atoms with Crippen molar-refractivity contribution in [3.63, 3.8) is 0 Å². The van der Waals surface area contributed by atoms with Crippen molar-refractivity contribution in [1.29, 1.82) is 0 Å². The van der Waals surface area contributed by atoms with E-state index in [4.69, 9.17) is 22.1 Å². The number of hydrogen-bond donors (Lipinski definition) is 2. The molecule has 36 heavy (non-hydrogen) atoms. The minimum absolute atomic E-state index is 0.00604. The Hall–Kier alpha value is -2.70. The molecule has 1 aromatic carbocycles. The maximum atomic E-state index is 13.6. The van der Waals surface area contributed by atoms with Gasteiger partial charge in [0.15, 0.2) is 0 Å². The number of pyridine rings is 1. The maximum absolute atomic E-state index is 13.6. The molecule has 2 aromatic heterocycles. The van der Waals surface area contributed by atoms with Crippen LogP contribution in [0.15, 0.2) is 35.8 Å². The van der Waals surface area contributed by atoms with Gasteiger partial charge in [0, 0.05) is 30.6 Å². The second-order valence-corrected chi connectivity index (χ2v) is 10.5. The topological polar surface area (TPSA) is 88.7 Å². The molecule has 4 rings (SSSR count). The van der Waals surface area contributed by atoms with E-state index in [0.29, 0.717) is 35.2 Å². The van der Waals surface area contributed by atoms with E-state index in [1.807, 2.05) is 18.2 Å². The van der Waals surface area contributed by atoms with Gasteiger partial charge < -0.3 is 15.6 Å². The van der Waals surface area contributed by atoms with Crippen LogP contribution in [0.5, 0.6) is 5.75 Å². The first-order valence-electron chi connectivity index (χ1n) is 11.9. The fourth-order valence-corrected chi connectivity index (χ4v) is 5.89. The Labute approximate surface area is 219 Å². The lowest BCUT2D eigenvalue weighted by Gasteiger charge is -2.37. The number of nitrogens with two attached hydrogens (primary N) is 1. The average Bonchev–Trinajstić information content (AvgIpc) is 3.27. The van der Waals surface area contributed by atoms with Gasteiger partial charge in [-0.05, 0) is 72.9 Å². The highest BCUT2D eigenvalue weighted by atomic mass is 35.5. The summed E-state index contributed by atoms with van der Waals surface area (Å²) in [7, 11) is 1.61. The van der Waals surface area contributed by atoms with Crippen LogP contribution in [0.4, 0.5) is 4.39 Å². The van der Waals surface area contributed by atoms with Gasteiger partial charge in [-0.1, -0.05) is 23.4 Å².